The largest absolute Gasteiger partial charge is 0.486 e. The molecule has 0 radical (unpaired) electrons. The minimum atomic E-state index is -0.0733. The smallest absolute Gasteiger partial charge is 0.276 e. The summed E-state index contributed by atoms with van der Waals surface area (Å²) < 4.78 is 28.1. The average molecular weight is 370 g/mol. The van der Waals surface area contributed by atoms with E-state index >= 15 is 0 Å². The third kappa shape index (κ3) is 2.92. The summed E-state index contributed by atoms with van der Waals surface area (Å²) in [6.45, 7) is 0.726. The molecule has 0 saturated carbocycles. The molecule has 3 aromatic rings. The monoisotopic (exact) mass is 370 g/mol. The average Bonchev–Trinajstić information content (AvgIpc) is 3.35. The number of nitrogens with zero attached hydrogens (tertiary/aromatic N) is 2. The van der Waals surface area contributed by atoms with E-state index in [1.807, 2.05) is 42.5 Å². The predicted octanol–water partition coefficient (Wildman–Crippen LogP) is 3.40. The first kappa shape index (κ1) is 15.4. The van der Waals surface area contributed by atoms with Gasteiger partial charge in [-0.25, -0.2) is 0 Å². The molecule has 0 N–H and O–H groups in total. The molecule has 0 amide bonds. The molecule has 0 fully saturated rings. The van der Waals surface area contributed by atoms with E-state index in [1.165, 1.54) is 11.8 Å². The molecule has 7 nitrogen and oxygen atoms in total. The Labute approximate surface area is 153 Å². The lowest BCUT2D eigenvalue weighted by atomic mass is 10.2. The first-order chi connectivity index (χ1) is 12.8. The van der Waals surface area contributed by atoms with Crippen LogP contribution in [0.2, 0.25) is 0 Å². The summed E-state index contributed by atoms with van der Waals surface area (Å²) in [4.78, 5) is 0. The molecule has 1 aromatic heterocycles. The summed E-state index contributed by atoms with van der Waals surface area (Å²) in [5, 5.41) is 8.68. The van der Waals surface area contributed by atoms with Crippen molar-refractivity contribution in [1.82, 2.24) is 10.2 Å². The third-order valence-electron chi connectivity index (χ3n) is 3.99. The van der Waals surface area contributed by atoms with Crippen molar-refractivity contribution in [3.05, 3.63) is 42.5 Å². The van der Waals surface area contributed by atoms with Crippen LogP contribution in [0.1, 0.15) is 0 Å². The highest BCUT2D eigenvalue weighted by Crippen LogP contribution is 2.36. The Morgan fingerprint density at radius 1 is 0.923 bits per heavy atom. The maximum Gasteiger partial charge on any atom is 0.276 e. The van der Waals surface area contributed by atoms with Crippen molar-refractivity contribution in [1.29, 1.82) is 0 Å². The van der Waals surface area contributed by atoms with E-state index in [2.05, 4.69) is 10.2 Å². The minimum Gasteiger partial charge on any atom is -0.486 e. The van der Waals surface area contributed by atoms with Gasteiger partial charge in [-0.05, 0) is 30.3 Å². The zero-order chi connectivity index (χ0) is 17.3. The normalized spacial score (nSPS) is 17.3. The summed E-state index contributed by atoms with van der Waals surface area (Å²) in [6, 6.07) is 13.2. The van der Waals surface area contributed by atoms with Gasteiger partial charge in [-0.3, -0.25) is 0 Å². The lowest BCUT2D eigenvalue weighted by Gasteiger charge is -2.25. The van der Waals surface area contributed by atoms with Gasteiger partial charge in [0, 0.05) is 11.3 Å². The Kier molecular flexibility index (Phi) is 3.82. The number of para-hydroxylation sites is 2. The van der Waals surface area contributed by atoms with Gasteiger partial charge in [0.2, 0.25) is 12.7 Å². The molecule has 0 aliphatic carbocycles. The van der Waals surface area contributed by atoms with Crippen molar-refractivity contribution in [2.45, 2.75) is 11.3 Å². The molecule has 3 heterocycles. The maximum absolute atomic E-state index is 5.93. The summed E-state index contributed by atoms with van der Waals surface area (Å²) in [6.07, 6.45) is -0.0733. The van der Waals surface area contributed by atoms with Crippen LogP contribution in [0, 0.1) is 0 Å². The van der Waals surface area contributed by atoms with Gasteiger partial charge in [0.25, 0.3) is 5.22 Å². The van der Waals surface area contributed by atoms with Gasteiger partial charge in [0.05, 0.1) is 0 Å². The van der Waals surface area contributed by atoms with Crippen molar-refractivity contribution in [3.8, 4) is 34.5 Å². The number of rotatable bonds is 4. The summed E-state index contributed by atoms with van der Waals surface area (Å²) >= 11 is 1.44. The third-order valence-corrected chi connectivity index (χ3v) is 4.94. The minimum absolute atomic E-state index is 0.0733. The number of hydrogen-bond donors (Lipinski definition) is 0. The van der Waals surface area contributed by atoms with Crippen LogP contribution in [0.4, 0.5) is 0 Å². The summed E-state index contributed by atoms with van der Waals surface area (Å²) in [5.41, 5.74) is 0.791. The Bertz CT molecular complexity index is 945. The quantitative estimate of drug-likeness (QED) is 0.647. The van der Waals surface area contributed by atoms with Gasteiger partial charge in [0.1, 0.15) is 12.7 Å². The zero-order valence-corrected chi connectivity index (χ0v) is 14.4. The number of aromatic nitrogens is 2. The second-order valence-corrected chi connectivity index (χ2v) is 6.72. The second-order valence-electron chi connectivity index (χ2n) is 5.75. The topological polar surface area (TPSA) is 75.8 Å². The molecule has 132 valence electrons. The second kappa shape index (κ2) is 6.45. The van der Waals surface area contributed by atoms with Gasteiger partial charge in [0.15, 0.2) is 23.0 Å². The van der Waals surface area contributed by atoms with Gasteiger partial charge >= 0.3 is 0 Å². The fraction of sp³-hybridized carbons (Fsp3) is 0.222. The van der Waals surface area contributed by atoms with Gasteiger partial charge in [-0.1, -0.05) is 23.9 Å². The number of hydrogen-bond acceptors (Lipinski definition) is 8. The lowest BCUT2D eigenvalue weighted by molar-refractivity contribution is 0.107. The molecule has 0 spiro atoms. The molecule has 5 rings (SSSR count). The summed E-state index contributed by atoms with van der Waals surface area (Å²) in [7, 11) is 0. The number of thioether (sulfide) groups is 1. The first-order valence-electron chi connectivity index (χ1n) is 8.10. The molecule has 26 heavy (non-hydrogen) atoms. The maximum atomic E-state index is 5.93. The van der Waals surface area contributed by atoms with Gasteiger partial charge < -0.3 is 23.4 Å². The van der Waals surface area contributed by atoms with E-state index in [9.17, 15) is 0 Å². The Balaban J connectivity index is 1.24. The van der Waals surface area contributed by atoms with Crippen LogP contribution in [-0.4, -0.2) is 35.5 Å². The van der Waals surface area contributed by atoms with Crippen molar-refractivity contribution in [2.75, 3.05) is 19.2 Å². The van der Waals surface area contributed by atoms with E-state index in [0.29, 0.717) is 29.2 Å². The molecular formula is C18H14N2O5S. The van der Waals surface area contributed by atoms with Crippen LogP contribution in [0.3, 0.4) is 0 Å². The molecule has 0 saturated heterocycles. The van der Waals surface area contributed by atoms with Gasteiger partial charge in [-0.15, -0.1) is 10.2 Å². The van der Waals surface area contributed by atoms with Crippen molar-refractivity contribution in [3.63, 3.8) is 0 Å². The highest BCUT2D eigenvalue weighted by atomic mass is 32.2. The molecule has 2 aliphatic rings. The number of fused-ring (bicyclic) bond motifs is 2. The van der Waals surface area contributed by atoms with E-state index in [-0.39, 0.29) is 12.9 Å². The SMILES string of the molecule is c1ccc2c(c1)OC[C@H](CSc1nnc(-c3ccc4c(c3)OCO4)o1)O2. The van der Waals surface area contributed by atoms with Crippen LogP contribution in [0.15, 0.2) is 52.1 Å². The highest BCUT2D eigenvalue weighted by Gasteiger charge is 2.22. The fourth-order valence-electron chi connectivity index (χ4n) is 2.72. The molecule has 0 unspecified atom stereocenters. The highest BCUT2D eigenvalue weighted by molar-refractivity contribution is 7.99. The van der Waals surface area contributed by atoms with E-state index < -0.39 is 0 Å². The Hall–Kier alpha value is -2.87. The first-order valence-corrected chi connectivity index (χ1v) is 9.08. The Morgan fingerprint density at radius 2 is 1.77 bits per heavy atom. The predicted molar refractivity (Wildman–Crippen MR) is 92.9 cm³/mol. The van der Waals surface area contributed by atoms with E-state index in [1.54, 1.807) is 0 Å². The van der Waals surface area contributed by atoms with Gasteiger partial charge in [-0.2, -0.15) is 0 Å². The molecule has 1 atom stereocenters. The molecule has 8 heteroatoms. The molecule has 2 aromatic carbocycles. The molecular weight excluding hydrogens is 356 g/mol. The van der Waals surface area contributed by atoms with E-state index in [0.717, 1.165) is 22.8 Å². The van der Waals surface area contributed by atoms with Crippen molar-refractivity contribution < 1.29 is 23.4 Å². The molecule has 0 bridgehead atoms. The Morgan fingerprint density at radius 3 is 2.73 bits per heavy atom. The van der Waals surface area contributed by atoms with Crippen LogP contribution in [-0.2, 0) is 0 Å². The van der Waals surface area contributed by atoms with Crippen LogP contribution < -0.4 is 18.9 Å². The standard InChI is InChI=1S/C18H14N2O5S/c1-2-4-15-13(3-1)21-8-12(24-15)9-26-18-20-19-17(25-18)11-5-6-14-16(7-11)23-10-22-14/h1-7,12H,8-10H2/t12-/m1/s1. The fourth-order valence-corrected chi connectivity index (χ4v) is 3.45. The van der Waals surface area contributed by atoms with E-state index in [4.69, 9.17) is 23.4 Å². The lowest BCUT2D eigenvalue weighted by Crippen LogP contribution is -2.31. The number of benzene rings is 2. The zero-order valence-electron chi connectivity index (χ0n) is 13.6. The van der Waals surface area contributed by atoms with Crippen molar-refractivity contribution >= 4 is 11.8 Å². The van der Waals surface area contributed by atoms with Crippen LogP contribution in [0.25, 0.3) is 11.5 Å². The van der Waals surface area contributed by atoms with Crippen LogP contribution >= 0.6 is 11.8 Å². The molecule has 2 aliphatic heterocycles. The summed E-state index contributed by atoms with van der Waals surface area (Å²) in [5.74, 6) is 4.03. The van der Waals surface area contributed by atoms with Crippen molar-refractivity contribution in [2.24, 2.45) is 0 Å². The number of ether oxygens (including phenoxy) is 4. The van der Waals surface area contributed by atoms with Crippen LogP contribution in [0.5, 0.6) is 23.0 Å².